The average molecular weight is 376 g/mol. The summed E-state index contributed by atoms with van der Waals surface area (Å²) >= 11 is 0. The number of para-hydroxylation sites is 1. The number of fused-ring (bicyclic) bond motifs is 1. The second kappa shape index (κ2) is 7.50. The van der Waals surface area contributed by atoms with E-state index in [2.05, 4.69) is 16.7 Å². The summed E-state index contributed by atoms with van der Waals surface area (Å²) in [6.45, 7) is 3.58. The van der Waals surface area contributed by atoms with Crippen molar-refractivity contribution in [1.29, 1.82) is 0 Å². The van der Waals surface area contributed by atoms with E-state index in [1.807, 2.05) is 55.6 Å². The summed E-state index contributed by atoms with van der Waals surface area (Å²) in [6, 6.07) is 18.1. The van der Waals surface area contributed by atoms with E-state index in [1.165, 1.54) is 5.56 Å². The van der Waals surface area contributed by atoms with Crippen LogP contribution in [0.4, 0.5) is 0 Å². The van der Waals surface area contributed by atoms with Crippen molar-refractivity contribution in [3.8, 4) is 0 Å². The second-order valence-electron chi connectivity index (χ2n) is 7.64. The number of likely N-dealkylation sites (tertiary alicyclic amines) is 1. The summed E-state index contributed by atoms with van der Waals surface area (Å²) in [5, 5.41) is 10.3. The van der Waals surface area contributed by atoms with Crippen LogP contribution in [0.1, 0.15) is 29.3 Å². The molecule has 1 aliphatic heterocycles. The molecule has 1 aliphatic rings. The van der Waals surface area contributed by atoms with Crippen molar-refractivity contribution in [1.82, 2.24) is 9.47 Å². The standard InChI is InChI=1S/C23H24N2O3/c1-16-13-24(12-11-18(16)23(27)28)22(26)20-15-25(14-17-7-3-2-4-8-17)21-10-6-5-9-19(20)21/h2-10,15-16,18H,11-14H2,1H3,(H,27,28). The first-order valence-electron chi connectivity index (χ1n) is 9.68. The molecule has 1 N–H and O–H groups in total. The minimum absolute atomic E-state index is 0.0151. The van der Waals surface area contributed by atoms with E-state index in [9.17, 15) is 14.7 Å². The van der Waals surface area contributed by atoms with Gasteiger partial charge in [-0.15, -0.1) is 0 Å². The van der Waals surface area contributed by atoms with Crippen LogP contribution in [0.5, 0.6) is 0 Å². The van der Waals surface area contributed by atoms with Gasteiger partial charge in [0.2, 0.25) is 0 Å². The highest BCUT2D eigenvalue weighted by Crippen LogP contribution is 2.28. The number of carboxylic acids is 1. The van der Waals surface area contributed by atoms with Gasteiger partial charge in [0.05, 0.1) is 11.5 Å². The normalized spacial score (nSPS) is 19.7. The molecule has 0 aliphatic carbocycles. The van der Waals surface area contributed by atoms with Crippen LogP contribution in [-0.2, 0) is 11.3 Å². The van der Waals surface area contributed by atoms with E-state index in [4.69, 9.17) is 0 Å². The summed E-state index contributed by atoms with van der Waals surface area (Å²) < 4.78 is 2.12. The molecule has 5 heteroatoms. The number of hydrogen-bond donors (Lipinski definition) is 1. The zero-order valence-electron chi connectivity index (χ0n) is 15.9. The molecule has 2 heterocycles. The predicted molar refractivity (Wildman–Crippen MR) is 108 cm³/mol. The van der Waals surface area contributed by atoms with Crippen LogP contribution in [0.25, 0.3) is 10.9 Å². The lowest BCUT2D eigenvalue weighted by atomic mass is 9.87. The summed E-state index contributed by atoms with van der Waals surface area (Å²) in [5.41, 5.74) is 2.90. The van der Waals surface area contributed by atoms with Gasteiger partial charge in [-0.2, -0.15) is 0 Å². The third-order valence-electron chi connectivity index (χ3n) is 5.72. The highest BCUT2D eigenvalue weighted by Gasteiger charge is 2.34. The second-order valence-corrected chi connectivity index (χ2v) is 7.64. The van der Waals surface area contributed by atoms with Gasteiger partial charge in [0.1, 0.15) is 0 Å². The Morgan fingerprint density at radius 1 is 1.07 bits per heavy atom. The van der Waals surface area contributed by atoms with E-state index >= 15 is 0 Å². The maximum atomic E-state index is 13.3. The van der Waals surface area contributed by atoms with Gasteiger partial charge in [-0.1, -0.05) is 55.5 Å². The number of hydrogen-bond acceptors (Lipinski definition) is 2. The Morgan fingerprint density at radius 2 is 1.79 bits per heavy atom. The van der Waals surface area contributed by atoms with Gasteiger partial charge in [0.15, 0.2) is 0 Å². The van der Waals surface area contributed by atoms with Crippen molar-refractivity contribution >= 4 is 22.8 Å². The Labute approximate surface area is 164 Å². The van der Waals surface area contributed by atoms with Crippen molar-refractivity contribution in [3.05, 3.63) is 71.9 Å². The molecule has 1 amide bonds. The molecule has 1 fully saturated rings. The first kappa shape index (κ1) is 18.3. The van der Waals surface area contributed by atoms with Gasteiger partial charge < -0.3 is 14.6 Å². The first-order valence-corrected chi connectivity index (χ1v) is 9.68. The van der Waals surface area contributed by atoms with Crippen LogP contribution in [0.3, 0.4) is 0 Å². The fourth-order valence-electron chi connectivity index (χ4n) is 4.20. The molecule has 5 nitrogen and oxygen atoms in total. The van der Waals surface area contributed by atoms with Crippen LogP contribution >= 0.6 is 0 Å². The van der Waals surface area contributed by atoms with E-state index in [-0.39, 0.29) is 17.7 Å². The molecule has 4 rings (SSSR count). The first-order chi connectivity index (χ1) is 13.5. The largest absolute Gasteiger partial charge is 0.481 e. The average Bonchev–Trinajstić information content (AvgIpc) is 3.06. The molecule has 2 atom stereocenters. The highest BCUT2D eigenvalue weighted by atomic mass is 16.4. The number of rotatable bonds is 4. The number of carboxylic acid groups (broad SMARTS) is 1. The van der Waals surface area contributed by atoms with Crippen molar-refractivity contribution in [3.63, 3.8) is 0 Å². The number of benzene rings is 2. The van der Waals surface area contributed by atoms with E-state index in [0.29, 0.717) is 31.6 Å². The number of nitrogens with zero attached hydrogens (tertiary/aromatic N) is 2. The summed E-state index contributed by atoms with van der Waals surface area (Å²) in [7, 11) is 0. The summed E-state index contributed by atoms with van der Waals surface area (Å²) in [4.78, 5) is 26.4. The molecule has 0 bridgehead atoms. The third kappa shape index (κ3) is 3.40. The van der Waals surface area contributed by atoms with E-state index < -0.39 is 5.97 Å². The molecule has 144 valence electrons. The smallest absolute Gasteiger partial charge is 0.306 e. The Morgan fingerprint density at radius 3 is 2.50 bits per heavy atom. The fourth-order valence-corrected chi connectivity index (χ4v) is 4.20. The molecule has 1 aromatic heterocycles. The number of carbonyl (C=O) groups is 2. The monoisotopic (exact) mass is 376 g/mol. The van der Waals surface area contributed by atoms with Gasteiger partial charge in [0.25, 0.3) is 5.91 Å². The Kier molecular flexibility index (Phi) is 4.90. The van der Waals surface area contributed by atoms with Gasteiger partial charge in [-0.25, -0.2) is 0 Å². The maximum absolute atomic E-state index is 13.3. The zero-order chi connectivity index (χ0) is 19.7. The lowest BCUT2D eigenvalue weighted by Crippen LogP contribution is -2.44. The van der Waals surface area contributed by atoms with Gasteiger partial charge in [0, 0.05) is 36.7 Å². The quantitative estimate of drug-likeness (QED) is 0.752. The van der Waals surface area contributed by atoms with Crippen molar-refractivity contribution in [2.75, 3.05) is 13.1 Å². The van der Waals surface area contributed by atoms with Crippen LogP contribution in [0.15, 0.2) is 60.8 Å². The minimum atomic E-state index is -0.765. The lowest BCUT2D eigenvalue weighted by molar-refractivity contribution is -0.145. The Balaban J connectivity index is 1.64. The molecule has 0 radical (unpaired) electrons. The van der Waals surface area contributed by atoms with Crippen molar-refractivity contribution in [2.24, 2.45) is 11.8 Å². The zero-order valence-corrected chi connectivity index (χ0v) is 15.9. The molecule has 2 aromatic carbocycles. The van der Waals surface area contributed by atoms with Crippen molar-refractivity contribution in [2.45, 2.75) is 19.9 Å². The number of aromatic nitrogens is 1. The molecular formula is C23H24N2O3. The Hall–Kier alpha value is -3.08. The maximum Gasteiger partial charge on any atom is 0.306 e. The fraction of sp³-hybridized carbons (Fsp3) is 0.304. The van der Waals surface area contributed by atoms with E-state index in [1.54, 1.807) is 4.90 Å². The molecule has 1 saturated heterocycles. The molecule has 2 unspecified atom stereocenters. The van der Waals surface area contributed by atoms with E-state index in [0.717, 1.165) is 10.9 Å². The van der Waals surface area contributed by atoms with Crippen LogP contribution < -0.4 is 0 Å². The summed E-state index contributed by atoms with van der Waals surface area (Å²) in [6.07, 6.45) is 2.44. The summed E-state index contributed by atoms with van der Waals surface area (Å²) in [5.74, 6) is -1.20. The third-order valence-corrected chi connectivity index (χ3v) is 5.72. The molecular weight excluding hydrogens is 352 g/mol. The molecule has 0 saturated carbocycles. The van der Waals surface area contributed by atoms with Crippen LogP contribution in [0.2, 0.25) is 0 Å². The Bertz CT molecular complexity index is 1010. The number of carbonyl (C=O) groups excluding carboxylic acids is 1. The van der Waals surface area contributed by atoms with Crippen LogP contribution in [-0.4, -0.2) is 39.5 Å². The van der Waals surface area contributed by atoms with Gasteiger partial charge >= 0.3 is 5.97 Å². The number of aliphatic carboxylic acids is 1. The number of amides is 1. The topological polar surface area (TPSA) is 62.5 Å². The molecule has 0 spiro atoms. The van der Waals surface area contributed by atoms with Crippen LogP contribution in [0, 0.1) is 11.8 Å². The predicted octanol–water partition coefficient (Wildman–Crippen LogP) is 3.87. The van der Waals surface area contributed by atoms with Gasteiger partial charge in [-0.3, -0.25) is 9.59 Å². The minimum Gasteiger partial charge on any atom is -0.481 e. The molecule has 28 heavy (non-hydrogen) atoms. The lowest BCUT2D eigenvalue weighted by Gasteiger charge is -2.34. The van der Waals surface area contributed by atoms with Gasteiger partial charge in [-0.05, 0) is 24.0 Å². The molecule has 3 aromatic rings. The highest BCUT2D eigenvalue weighted by molar-refractivity contribution is 6.07. The number of piperidine rings is 1. The van der Waals surface area contributed by atoms with Crippen molar-refractivity contribution < 1.29 is 14.7 Å². The SMILES string of the molecule is CC1CN(C(=O)c2cn(Cc3ccccc3)c3ccccc23)CCC1C(=O)O.